The fourth-order valence-electron chi connectivity index (χ4n) is 5.57. The molecule has 1 fully saturated rings. The van der Waals surface area contributed by atoms with Crippen molar-refractivity contribution in [1.82, 2.24) is 20.3 Å². The Morgan fingerprint density at radius 3 is 2.84 bits per heavy atom. The fraction of sp³-hybridized carbons (Fsp3) is 0.379. The Hall–Kier alpha value is -3.62. The van der Waals surface area contributed by atoms with E-state index in [4.69, 9.17) is 9.94 Å². The normalized spacial score (nSPS) is 17.1. The molecule has 1 unspecified atom stereocenters. The minimum Gasteiger partial charge on any atom is -0.448 e. The van der Waals surface area contributed by atoms with Crippen molar-refractivity contribution in [2.75, 3.05) is 32.8 Å². The van der Waals surface area contributed by atoms with Crippen LogP contribution in [0.5, 0.6) is 0 Å². The first-order chi connectivity index (χ1) is 18.1. The highest BCUT2D eigenvalue weighted by atomic mass is 16.6. The number of hydrogen-bond donors (Lipinski definition) is 3. The number of para-hydroxylation sites is 1. The van der Waals surface area contributed by atoms with Gasteiger partial charge in [0.1, 0.15) is 6.61 Å². The van der Waals surface area contributed by atoms with E-state index in [9.17, 15) is 9.59 Å². The van der Waals surface area contributed by atoms with E-state index in [2.05, 4.69) is 46.4 Å². The number of likely N-dealkylation sites (tertiary alicyclic amines) is 1. The molecule has 5 rings (SSSR count). The third-order valence-electron chi connectivity index (χ3n) is 7.50. The van der Waals surface area contributed by atoms with Crippen LogP contribution in [-0.2, 0) is 22.4 Å². The molecule has 8 nitrogen and oxygen atoms in total. The van der Waals surface area contributed by atoms with Crippen LogP contribution in [0.4, 0.5) is 4.79 Å². The van der Waals surface area contributed by atoms with Crippen LogP contribution in [0.25, 0.3) is 17.0 Å². The van der Waals surface area contributed by atoms with Gasteiger partial charge in [-0.25, -0.2) is 10.3 Å². The summed E-state index contributed by atoms with van der Waals surface area (Å²) in [5.74, 6) is -0.551. The molecule has 3 N–H and O–H groups in total. The number of nitrogens with zero attached hydrogens (tertiary/aromatic N) is 2. The summed E-state index contributed by atoms with van der Waals surface area (Å²) >= 11 is 0. The molecule has 37 heavy (non-hydrogen) atoms. The van der Waals surface area contributed by atoms with E-state index in [-0.39, 0.29) is 12.1 Å². The van der Waals surface area contributed by atoms with Crippen LogP contribution in [0.15, 0.2) is 54.7 Å². The molecule has 2 amide bonds. The number of rotatable bonds is 9. The van der Waals surface area contributed by atoms with Crippen LogP contribution in [0.2, 0.25) is 0 Å². The Kier molecular flexibility index (Phi) is 7.87. The summed E-state index contributed by atoms with van der Waals surface area (Å²) in [6, 6.07) is 14.9. The highest BCUT2D eigenvalue weighted by molar-refractivity contribution is 5.90. The van der Waals surface area contributed by atoms with E-state index < -0.39 is 5.91 Å². The molecule has 0 saturated carbocycles. The van der Waals surface area contributed by atoms with Crippen LogP contribution in [0, 0.1) is 0 Å². The number of aromatic amines is 1. The van der Waals surface area contributed by atoms with E-state index >= 15 is 0 Å². The lowest BCUT2D eigenvalue weighted by Crippen LogP contribution is -2.35. The summed E-state index contributed by atoms with van der Waals surface area (Å²) < 4.78 is 5.67. The smallest absolute Gasteiger partial charge is 0.409 e. The number of fused-ring (bicyclic) bond motifs is 2. The predicted octanol–water partition coefficient (Wildman–Crippen LogP) is 4.45. The molecule has 8 heteroatoms. The van der Waals surface area contributed by atoms with Gasteiger partial charge in [-0.15, -0.1) is 0 Å². The van der Waals surface area contributed by atoms with Crippen molar-refractivity contribution >= 4 is 29.0 Å². The zero-order valence-electron chi connectivity index (χ0n) is 21.0. The average Bonchev–Trinajstić information content (AvgIpc) is 3.69. The zero-order chi connectivity index (χ0) is 25.6. The molecule has 2 aliphatic rings. The van der Waals surface area contributed by atoms with Gasteiger partial charge < -0.3 is 14.6 Å². The van der Waals surface area contributed by atoms with Gasteiger partial charge in [-0.2, -0.15) is 0 Å². The van der Waals surface area contributed by atoms with Gasteiger partial charge in [0, 0.05) is 55.4 Å². The summed E-state index contributed by atoms with van der Waals surface area (Å²) in [7, 11) is 0. The molecule has 1 aromatic heterocycles. The molecular weight excluding hydrogens is 468 g/mol. The lowest BCUT2D eigenvalue weighted by Gasteiger charge is -2.30. The van der Waals surface area contributed by atoms with E-state index in [1.165, 1.54) is 28.2 Å². The minimum absolute atomic E-state index is 0.204. The SMILES string of the molecule is O=C(/C=C/c1ccc2c(c1)CCC2N(CCOC(=O)N1CCCC1)CCc1c[nH]c2ccccc12)NO. The largest absolute Gasteiger partial charge is 0.448 e. The number of benzene rings is 2. The maximum Gasteiger partial charge on any atom is 0.409 e. The van der Waals surface area contributed by atoms with Crippen molar-refractivity contribution in [3.05, 3.63) is 77.0 Å². The van der Waals surface area contributed by atoms with Gasteiger partial charge >= 0.3 is 6.09 Å². The molecule has 1 atom stereocenters. The Morgan fingerprint density at radius 2 is 2.00 bits per heavy atom. The molecule has 1 aliphatic heterocycles. The Bertz CT molecular complexity index is 1280. The number of hydroxylamine groups is 1. The first-order valence-electron chi connectivity index (χ1n) is 13.1. The van der Waals surface area contributed by atoms with Crippen molar-refractivity contribution in [2.45, 2.75) is 38.1 Å². The maximum atomic E-state index is 12.4. The Morgan fingerprint density at radius 1 is 1.16 bits per heavy atom. The fourth-order valence-corrected chi connectivity index (χ4v) is 5.57. The topological polar surface area (TPSA) is 97.9 Å². The van der Waals surface area contributed by atoms with Crippen LogP contribution in [0.1, 0.15) is 47.6 Å². The number of H-pyrrole nitrogens is 1. The molecule has 3 aromatic rings. The van der Waals surface area contributed by atoms with Crippen molar-refractivity contribution in [1.29, 1.82) is 0 Å². The maximum absolute atomic E-state index is 12.4. The predicted molar refractivity (Wildman–Crippen MR) is 142 cm³/mol. The van der Waals surface area contributed by atoms with E-state index in [1.807, 2.05) is 12.1 Å². The molecular formula is C29H34N4O4. The number of ether oxygens (including phenoxy) is 1. The van der Waals surface area contributed by atoms with Crippen LogP contribution >= 0.6 is 0 Å². The van der Waals surface area contributed by atoms with E-state index in [1.54, 1.807) is 16.5 Å². The number of amides is 2. The number of carbonyl (C=O) groups is 2. The summed E-state index contributed by atoms with van der Waals surface area (Å²) in [6.07, 6.45) is 9.84. The van der Waals surface area contributed by atoms with Gasteiger partial charge in [-0.3, -0.25) is 14.9 Å². The van der Waals surface area contributed by atoms with Gasteiger partial charge in [-0.1, -0.05) is 36.4 Å². The minimum atomic E-state index is -0.551. The monoisotopic (exact) mass is 502 g/mol. The van der Waals surface area contributed by atoms with Crippen molar-refractivity contribution in [2.24, 2.45) is 0 Å². The molecule has 2 heterocycles. The number of nitrogens with one attached hydrogen (secondary N) is 2. The third-order valence-corrected chi connectivity index (χ3v) is 7.50. The highest BCUT2D eigenvalue weighted by Gasteiger charge is 2.28. The molecule has 1 saturated heterocycles. The molecule has 194 valence electrons. The van der Waals surface area contributed by atoms with Crippen molar-refractivity contribution in [3.63, 3.8) is 0 Å². The second-order valence-corrected chi connectivity index (χ2v) is 9.78. The summed E-state index contributed by atoms with van der Waals surface area (Å²) in [5.41, 5.74) is 7.53. The summed E-state index contributed by atoms with van der Waals surface area (Å²) in [6.45, 7) is 3.47. The van der Waals surface area contributed by atoms with Gasteiger partial charge in [0.05, 0.1) is 0 Å². The standard InChI is InChI=1S/C29H34N4O4/c34-28(31-36)12-8-21-7-10-25-22(19-21)9-11-27(25)32(17-18-37-29(35)33-14-3-4-15-33)16-13-23-20-30-26-6-2-1-5-24(23)26/h1-2,5-8,10,12,19-20,27,30,36H,3-4,9,11,13-18H2,(H,31,34)/b12-8+. The number of hydrogen-bond acceptors (Lipinski definition) is 5. The van der Waals surface area contributed by atoms with Crippen molar-refractivity contribution in [3.8, 4) is 0 Å². The van der Waals surface area contributed by atoms with Crippen LogP contribution in [-0.4, -0.2) is 64.8 Å². The first kappa shape index (κ1) is 25.0. The van der Waals surface area contributed by atoms with Crippen LogP contribution in [0.3, 0.4) is 0 Å². The number of aromatic nitrogens is 1. The van der Waals surface area contributed by atoms with Gasteiger partial charge in [0.2, 0.25) is 0 Å². The zero-order valence-corrected chi connectivity index (χ0v) is 21.0. The molecule has 1 aliphatic carbocycles. The third kappa shape index (κ3) is 5.87. The number of aryl methyl sites for hydroxylation is 1. The average molecular weight is 503 g/mol. The van der Waals surface area contributed by atoms with Gasteiger partial charge in [-0.05, 0) is 66.5 Å². The van der Waals surface area contributed by atoms with E-state index in [0.717, 1.165) is 62.8 Å². The highest BCUT2D eigenvalue weighted by Crippen LogP contribution is 2.36. The van der Waals surface area contributed by atoms with Gasteiger partial charge in [0.15, 0.2) is 0 Å². The van der Waals surface area contributed by atoms with Gasteiger partial charge in [0.25, 0.3) is 5.91 Å². The van der Waals surface area contributed by atoms with Crippen molar-refractivity contribution < 1.29 is 19.5 Å². The second-order valence-electron chi connectivity index (χ2n) is 9.78. The molecule has 0 bridgehead atoms. The summed E-state index contributed by atoms with van der Waals surface area (Å²) in [4.78, 5) is 31.4. The lowest BCUT2D eigenvalue weighted by molar-refractivity contribution is -0.124. The lowest BCUT2D eigenvalue weighted by atomic mass is 10.0. The number of carbonyl (C=O) groups excluding carboxylic acids is 2. The van der Waals surface area contributed by atoms with Crippen LogP contribution < -0.4 is 5.48 Å². The molecule has 0 radical (unpaired) electrons. The second kappa shape index (κ2) is 11.6. The molecule has 2 aromatic carbocycles. The molecule has 0 spiro atoms. The van der Waals surface area contributed by atoms with E-state index in [0.29, 0.717) is 13.2 Å². The Labute approximate surface area is 216 Å². The quantitative estimate of drug-likeness (QED) is 0.228. The summed E-state index contributed by atoms with van der Waals surface area (Å²) in [5, 5.41) is 9.96. The Balaban J connectivity index is 1.30. The first-order valence-corrected chi connectivity index (χ1v) is 13.1.